The number of ether oxygens (including phenoxy) is 1. The Bertz CT molecular complexity index is 535. The number of carbonyl (C=O) groups is 1. The van der Waals surface area contributed by atoms with Crippen LogP contribution in [0.25, 0.3) is 0 Å². The summed E-state index contributed by atoms with van der Waals surface area (Å²) in [6.07, 6.45) is 0.963. The van der Waals surface area contributed by atoms with E-state index in [1.165, 1.54) is 7.11 Å². The third kappa shape index (κ3) is 2.96. The molecule has 0 amide bonds. The second-order valence-corrected chi connectivity index (χ2v) is 3.77. The van der Waals surface area contributed by atoms with Gasteiger partial charge in [-0.2, -0.15) is 5.26 Å². The normalized spacial score (nSPS) is 10.9. The van der Waals surface area contributed by atoms with Crippen molar-refractivity contribution in [3.63, 3.8) is 0 Å². The zero-order chi connectivity index (χ0) is 13.0. The molecule has 0 radical (unpaired) electrons. The van der Waals surface area contributed by atoms with Crippen molar-refractivity contribution < 1.29 is 13.9 Å². The number of Topliss-reactive ketones (excluding diaryl/α,β-unsaturated/α-hetero) is 1. The Hall–Kier alpha value is -1.57. The largest absolute Gasteiger partial charge is 0.503 e. The monoisotopic (exact) mass is 273 g/mol. The van der Waals surface area contributed by atoms with E-state index in [1.807, 2.05) is 0 Å². The van der Waals surface area contributed by atoms with Gasteiger partial charge < -0.3 is 4.74 Å². The van der Waals surface area contributed by atoms with Crippen molar-refractivity contribution in [2.24, 2.45) is 0 Å². The number of benzene rings is 1. The molecule has 1 aromatic carbocycles. The second-order valence-electron chi connectivity index (χ2n) is 2.95. The number of halogens is 3. The molecule has 0 heterocycles. The number of hydrogen-bond donors (Lipinski definition) is 0. The van der Waals surface area contributed by atoms with Crippen LogP contribution < -0.4 is 0 Å². The average molecular weight is 274 g/mol. The van der Waals surface area contributed by atoms with Gasteiger partial charge in [0, 0.05) is 5.56 Å². The predicted octanol–water partition coefficient (Wildman–Crippen LogP) is 3.37. The van der Waals surface area contributed by atoms with Gasteiger partial charge in [-0.15, -0.1) is 0 Å². The molecule has 88 valence electrons. The lowest BCUT2D eigenvalue weighted by atomic mass is 10.1. The molecule has 0 bridgehead atoms. The second kappa shape index (κ2) is 5.67. The van der Waals surface area contributed by atoms with Gasteiger partial charge in [0.05, 0.1) is 17.2 Å². The van der Waals surface area contributed by atoms with E-state index in [4.69, 9.17) is 28.5 Å². The minimum Gasteiger partial charge on any atom is -0.503 e. The number of ketones is 1. The fourth-order valence-electron chi connectivity index (χ4n) is 1.09. The molecule has 6 heteroatoms. The lowest BCUT2D eigenvalue weighted by Gasteiger charge is -2.03. The van der Waals surface area contributed by atoms with Gasteiger partial charge in [-0.3, -0.25) is 4.79 Å². The number of hydrogen-bond acceptors (Lipinski definition) is 3. The van der Waals surface area contributed by atoms with Gasteiger partial charge in [-0.1, -0.05) is 23.2 Å². The smallest absolute Gasteiger partial charge is 0.208 e. The molecular formula is C11H6Cl2FNO2. The standard InChI is InChI=1S/C11H6Cl2FNO2/c1-17-5-6(4-15)11(16)7-2-10(14)9(13)3-8(7)12/h2-3,5H,1H3/b6-5+. The van der Waals surface area contributed by atoms with Crippen LogP contribution >= 0.6 is 23.2 Å². The molecule has 1 rings (SSSR count). The number of methoxy groups -OCH3 is 1. The molecule has 0 fully saturated rings. The molecule has 0 aliphatic heterocycles. The lowest BCUT2D eigenvalue weighted by molar-refractivity contribution is 0.103. The van der Waals surface area contributed by atoms with E-state index in [0.717, 1.165) is 18.4 Å². The Kier molecular flexibility index (Phi) is 4.50. The maximum absolute atomic E-state index is 13.2. The lowest BCUT2D eigenvalue weighted by Crippen LogP contribution is -2.04. The SMILES string of the molecule is CO/C=C(\C#N)C(=O)c1cc(F)c(Cl)cc1Cl. The van der Waals surface area contributed by atoms with Crippen LogP contribution in [0.15, 0.2) is 24.0 Å². The van der Waals surface area contributed by atoms with Gasteiger partial charge in [-0.05, 0) is 12.1 Å². The quantitative estimate of drug-likeness (QED) is 0.279. The van der Waals surface area contributed by atoms with E-state index in [9.17, 15) is 9.18 Å². The number of nitrogens with zero attached hydrogens (tertiary/aromatic N) is 1. The molecule has 3 nitrogen and oxygen atoms in total. The van der Waals surface area contributed by atoms with E-state index in [2.05, 4.69) is 4.74 Å². The Morgan fingerprint density at radius 1 is 1.47 bits per heavy atom. The minimum atomic E-state index is -0.783. The highest BCUT2D eigenvalue weighted by Gasteiger charge is 2.18. The van der Waals surface area contributed by atoms with Crippen LogP contribution in [0.4, 0.5) is 4.39 Å². The molecule has 0 N–H and O–H groups in total. The van der Waals surface area contributed by atoms with Gasteiger partial charge >= 0.3 is 0 Å². The fraction of sp³-hybridized carbons (Fsp3) is 0.0909. The summed E-state index contributed by atoms with van der Waals surface area (Å²) in [5.74, 6) is -1.51. The first-order valence-electron chi connectivity index (χ1n) is 4.33. The van der Waals surface area contributed by atoms with Crippen LogP contribution in [0.3, 0.4) is 0 Å². The number of nitriles is 1. The number of carbonyl (C=O) groups excluding carboxylic acids is 1. The summed E-state index contributed by atoms with van der Waals surface area (Å²) in [6.45, 7) is 0. The summed E-state index contributed by atoms with van der Waals surface area (Å²) in [5.41, 5.74) is -0.422. The summed E-state index contributed by atoms with van der Waals surface area (Å²) in [7, 11) is 1.29. The summed E-state index contributed by atoms with van der Waals surface area (Å²) >= 11 is 11.2. The van der Waals surface area contributed by atoms with Gasteiger partial charge in [0.1, 0.15) is 23.7 Å². The summed E-state index contributed by atoms with van der Waals surface area (Å²) in [6, 6.07) is 3.62. The molecule has 0 atom stereocenters. The molecule has 0 spiro atoms. The van der Waals surface area contributed by atoms with Crippen molar-refractivity contribution >= 4 is 29.0 Å². The Morgan fingerprint density at radius 3 is 2.65 bits per heavy atom. The molecule has 0 aliphatic rings. The van der Waals surface area contributed by atoms with Crippen LogP contribution in [-0.4, -0.2) is 12.9 Å². The number of allylic oxidation sites excluding steroid dienone is 1. The van der Waals surface area contributed by atoms with Gasteiger partial charge in [0.2, 0.25) is 5.78 Å². The molecule has 1 aromatic rings. The van der Waals surface area contributed by atoms with Crippen molar-refractivity contribution in [3.05, 3.63) is 45.4 Å². The first-order valence-corrected chi connectivity index (χ1v) is 5.09. The van der Waals surface area contributed by atoms with E-state index in [1.54, 1.807) is 6.07 Å². The van der Waals surface area contributed by atoms with Crippen LogP contribution in [-0.2, 0) is 4.74 Å². The third-order valence-corrected chi connectivity index (χ3v) is 2.46. The number of rotatable bonds is 3. The molecule has 0 saturated carbocycles. The maximum Gasteiger partial charge on any atom is 0.208 e. The summed E-state index contributed by atoms with van der Waals surface area (Å²) < 4.78 is 17.8. The molecule has 0 aliphatic carbocycles. The van der Waals surface area contributed by atoms with Crippen molar-refractivity contribution in [3.8, 4) is 6.07 Å². The van der Waals surface area contributed by atoms with Crippen molar-refractivity contribution in [2.45, 2.75) is 0 Å². The molecule has 0 unspecified atom stereocenters. The molecule has 0 saturated heterocycles. The van der Waals surface area contributed by atoms with Crippen LogP contribution in [0.2, 0.25) is 10.0 Å². The Morgan fingerprint density at radius 2 is 2.12 bits per heavy atom. The van der Waals surface area contributed by atoms with Gasteiger partial charge in [0.15, 0.2) is 0 Å². The van der Waals surface area contributed by atoms with Crippen molar-refractivity contribution in [1.29, 1.82) is 5.26 Å². The van der Waals surface area contributed by atoms with E-state index in [0.29, 0.717) is 0 Å². The van der Waals surface area contributed by atoms with Crippen LogP contribution in [0.5, 0.6) is 0 Å². The molecular weight excluding hydrogens is 268 g/mol. The highest BCUT2D eigenvalue weighted by molar-refractivity contribution is 6.37. The third-order valence-electron chi connectivity index (χ3n) is 1.86. The fourth-order valence-corrected chi connectivity index (χ4v) is 1.56. The van der Waals surface area contributed by atoms with Crippen molar-refractivity contribution in [1.82, 2.24) is 0 Å². The predicted molar refractivity (Wildman–Crippen MR) is 61.5 cm³/mol. The molecule has 17 heavy (non-hydrogen) atoms. The topological polar surface area (TPSA) is 50.1 Å². The zero-order valence-electron chi connectivity index (χ0n) is 8.63. The average Bonchev–Trinajstić information content (AvgIpc) is 2.30. The summed E-state index contributed by atoms with van der Waals surface area (Å²) in [4.78, 5) is 11.8. The van der Waals surface area contributed by atoms with Crippen LogP contribution in [0, 0.1) is 17.1 Å². The minimum absolute atomic E-state index is 0.0290. The van der Waals surface area contributed by atoms with E-state index < -0.39 is 11.6 Å². The first-order chi connectivity index (χ1) is 8.01. The van der Waals surface area contributed by atoms with Gasteiger partial charge in [0.25, 0.3) is 0 Å². The van der Waals surface area contributed by atoms with Crippen molar-refractivity contribution in [2.75, 3.05) is 7.11 Å². The highest BCUT2D eigenvalue weighted by atomic mass is 35.5. The highest BCUT2D eigenvalue weighted by Crippen LogP contribution is 2.26. The first kappa shape index (κ1) is 13.5. The van der Waals surface area contributed by atoms with Gasteiger partial charge in [-0.25, -0.2) is 4.39 Å². The summed E-state index contributed by atoms with van der Waals surface area (Å²) in [5, 5.41) is 8.50. The van der Waals surface area contributed by atoms with E-state index in [-0.39, 0.29) is 21.2 Å². The Labute approximate surface area is 107 Å². The molecule has 0 aromatic heterocycles. The Balaban J connectivity index is 3.27. The van der Waals surface area contributed by atoms with Crippen LogP contribution in [0.1, 0.15) is 10.4 Å². The van der Waals surface area contributed by atoms with E-state index >= 15 is 0 Å². The maximum atomic E-state index is 13.2. The zero-order valence-corrected chi connectivity index (χ0v) is 10.1.